The monoisotopic (exact) mass is 340 g/mol. The van der Waals surface area contributed by atoms with Gasteiger partial charge in [-0.3, -0.25) is 14.7 Å². The van der Waals surface area contributed by atoms with Gasteiger partial charge in [-0.05, 0) is 50.6 Å². The molecule has 1 fully saturated rings. The van der Waals surface area contributed by atoms with E-state index in [1.165, 1.54) is 24.6 Å². The summed E-state index contributed by atoms with van der Waals surface area (Å²) in [6.45, 7) is 4.50. The second-order valence-corrected chi connectivity index (χ2v) is 6.29. The maximum absolute atomic E-state index is 12.4. The molecule has 1 saturated heterocycles. The zero-order valence-corrected chi connectivity index (χ0v) is 14.7. The number of likely N-dealkylation sites (tertiary alicyclic amines) is 1. The van der Waals surface area contributed by atoms with Gasteiger partial charge in [0.25, 0.3) is 5.91 Å². The summed E-state index contributed by atoms with van der Waals surface area (Å²) in [4.78, 5) is 23.1. The summed E-state index contributed by atoms with van der Waals surface area (Å²) in [5.74, 6) is 0.646. The van der Waals surface area contributed by atoms with Crippen LogP contribution in [0.25, 0.3) is 0 Å². The van der Waals surface area contributed by atoms with Gasteiger partial charge >= 0.3 is 0 Å². The second-order valence-electron chi connectivity index (χ2n) is 6.29. The highest BCUT2D eigenvalue weighted by Gasteiger charge is 2.24. The highest BCUT2D eigenvalue weighted by Crippen LogP contribution is 2.26. The molecule has 2 aromatic rings. The number of benzene rings is 1. The molecule has 6 heteroatoms. The van der Waals surface area contributed by atoms with Crippen LogP contribution in [0.2, 0.25) is 0 Å². The number of carbonyl (C=O) groups is 1. The van der Waals surface area contributed by atoms with E-state index in [0.29, 0.717) is 12.2 Å². The first-order valence-corrected chi connectivity index (χ1v) is 8.62. The number of nitrogens with one attached hydrogen (secondary N) is 1. The Labute approximate surface area is 148 Å². The van der Waals surface area contributed by atoms with Crippen LogP contribution in [0.1, 0.15) is 40.6 Å². The topological polar surface area (TPSA) is 67.3 Å². The van der Waals surface area contributed by atoms with Crippen molar-refractivity contribution in [2.75, 3.05) is 26.7 Å². The fraction of sp³-hybridized carbons (Fsp3) is 0.421. The molecule has 132 valence electrons. The molecule has 1 aromatic carbocycles. The van der Waals surface area contributed by atoms with Crippen molar-refractivity contribution in [2.45, 2.75) is 25.8 Å². The minimum Gasteiger partial charge on any atom is -0.497 e. The fourth-order valence-corrected chi connectivity index (χ4v) is 3.13. The van der Waals surface area contributed by atoms with Crippen LogP contribution in [0.4, 0.5) is 0 Å². The molecule has 0 aliphatic carbocycles. The SMILES string of the molecule is COc1ccc(C(CNC(=O)c2cnc(C)cn2)N2CCCC2)cc1. The number of aromatic nitrogens is 2. The molecule has 25 heavy (non-hydrogen) atoms. The number of hydrogen-bond acceptors (Lipinski definition) is 5. The van der Waals surface area contributed by atoms with Gasteiger partial charge in [-0.15, -0.1) is 0 Å². The number of rotatable bonds is 6. The van der Waals surface area contributed by atoms with Crippen molar-refractivity contribution in [1.29, 1.82) is 0 Å². The van der Waals surface area contributed by atoms with Crippen LogP contribution in [-0.2, 0) is 0 Å². The Kier molecular flexibility index (Phi) is 5.60. The van der Waals surface area contributed by atoms with Crippen LogP contribution < -0.4 is 10.1 Å². The van der Waals surface area contributed by atoms with Gasteiger partial charge in [0, 0.05) is 12.7 Å². The van der Waals surface area contributed by atoms with E-state index in [2.05, 4.69) is 32.3 Å². The first kappa shape index (κ1) is 17.4. The Morgan fingerprint density at radius 3 is 2.52 bits per heavy atom. The summed E-state index contributed by atoms with van der Waals surface area (Å²) in [6.07, 6.45) is 5.52. The number of nitrogens with zero attached hydrogens (tertiary/aromatic N) is 3. The van der Waals surface area contributed by atoms with Crippen LogP contribution >= 0.6 is 0 Å². The summed E-state index contributed by atoms with van der Waals surface area (Å²) >= 11 is 0. The van der Waals surface area contributed by atoms with E-state index in [9.17, 15) is 4.79 Å². The molecule has 1 atom stereocenters. The van der Waals surface area contributed by atoms with Crippen molar-refractivity contribution < 1.29 is 9.53 Å². The van der Waals surface area contributed by atoms with E-state index in [0.717, 1.165) is 24.5 Å². The zero-order chi connectivity index (χ0) is 17.6. The maximum atomic E-state index is 12.4. The molecule has 0 radical (unpaired) electrons. The molecular formula is C19H24N4O2. The lowest BCUT2D eigenvalue weighted by Gasteiger charge is -2.28. The first-order valence-electron chi connectivity index (χ1n) is 8.62. The summed E-state index contributed by atoms with van der Waals surface area (Å²) in [7, 11) is 1.66. The predicted octanol–water partition coefficient (Wildman–Crippen LogP) is 2.36. The Bertz CT molecular complexity index is 694. The van der Waals surface area contributed by atoms with E-state index < -0.39 is 0 Å². The van der Waals surface area contributed by atoms with Gasteiger partial charge in [0.05, 0.1) is 25.0 Å². The standard InChI is InChI=1S/C19H24N4O2/c1-14-11-21-17(12-20-14)19(24)22-13-18(23-9-3-4-10-23)15-5-7-16(25-2)8-6-15/h5-8,11-12,18H,3-4,9-10,13H2,1-2H3,(H,22,24). The molecule has 1 unspecified atom stereocenters. The summed E-state index contributed by atoms with van der Waals surface area (Å²) < 4.78 is 5.24. The number of ether oxygens (including phenoxy) is 1. The Balaban J connectivity index is 1.70. The lowest BCUT2D eigenvalue weighted by molar-refractivity contribution is 0.0932. The number of hydrogen-bond donors (Lipinski definition) is 1. The van der Waals surface area contributed by atoms with E-state index in [4.69, 9.17) is 4.74 Å². The molecule has 1 aliphatic heterocycles. The maximum Gasteiger partial charge on any atom is 0.271 e. The molecule has 0 saturated carbocycles. The van der Waals surface area contributed by atoms with Crippen molar-refractivity contribution >= 4 is 5.91 Å². The third-order valence-electron chi connectivity index (χ3n) is 4.55. The number of aryl methyl sites for hydroxylation is 1. The number of methoxy groups -OCH3 is 1. The fourth-order valence-electron chi connectivity index (χ4n) is 3.13. The molecule has 1 aromatic heterocycles. The molecule has 1 amide bonds. The number of amides is 1. The lowest BCUT2D eigenvalue weighted by Crippen LogP contribution is -2.37. The number of carbonyl (C=O) groups excluding carboxylic acids is 1. The van der Waals surface area contributed by atoms with Crippen molar-refractivity contribution in [3.05, 3.63) is 53.6 Å². The van der Waals surface area contributed by atoms with Gasteiger partial charge in [-0.2, -0.15) is 0 Å². The van der Waals surface area contributed by atoms with Crippen LogP contribution in [0.3, 0.4) is 0 Å². The third-order valence-corrected chi connectivity index (χ3v) is 4.55. The minimum atomic E-state index is -0.190. The van der Waals surface area contributed by atoms with Crippen LogP contribution in [0.5, 0.6) is 5.75 Å². The van der Waals surface area contributed by atoms with Gasteiger partial charge < -0.3 is 10.1 Å². The third kappa shape index (κ3) is 4.33. The Morgan fingerprint density at radius 1 is 1.20 bits per heavy atom. The molecule has 0 spiro atoms. The molecule has 3 rings (SSSR count). The van der Waals surface area contributed by atoms with Crippen molar-refractivity contribution in [2.24, 2.45) is 0 Å². The van der Waals surface area contributed by atoms with Gasteiger partial charge in [0.2, 0.25) is 0 Å². The first-order chi connectivity index (χ1) is 12.2. The second kappa shape index (κ2) is 8.07. The molecule has 1 N–H and O–H groups in total. The molecular weight excluding hydrogens is 316 g/mol. The summed E-state index contributed by atoms with van der Waals surface area (Å²) in [5, 5.41) is 3.01. The normalized spacial score (nSPS) is 15.8. The van der Waals surface area contributed by atoms with E-state index in [1.54, 1.807) is 13.3 Å². The van der Waals surface area contributed by atoms with Gasteiger partial charge in [0.1, 0.15) is 11.4 Å². The van der Waals surface area contributed by atoms with Gasteiger partial charge in [-0.25, -0.2) is 4.98 Å². The molecule has 6 nitrogen and oxygen atoms in total. The van der Waals surface area contributed by atoms with Crippen molar-refractivity contribution in [3.8, 4) is 5.75 Å². The predicted molar refractivity (Wildman–Crippen MR) is 95.6 cm³/mol. The van der Waals surface area contributed by atoms with Gasteiger partial charge in [0.15, 0.2) is 0 Å². The summed E-state index contributed by atoms with van der Waals surface area (Å²) in [6, 6.07) is 8.21. The van der Waals surface area contributed by atoms with Crippen LogP contribution in [0, 0.1) is 6.92 Å². The highest BCUT2D eigenvalue weighted by molar-refractivity contribution is 5.91. The highest BCUT2D eigenvalue weighted by atomic mass is 16.5. The van der Waals surface area contributed by atoms with Crippen molar-refractivity contribution in [1.82, 2.24) is 20.2 Å². The lowest BCUT2D eigenvalue weighted by atomic mass is 10.1. The average Bonchev–Trinajstić information content (AvgIpc) is 3.17. The van der Waals surface area contributed by atoms with E-state index in [1.807, 2.05) is 19.1 Å². The largest absolute Gasteiger partial charge is 0.497 e. The molecule has 2 heterocycles. The smallest absolute Gasteiger partial charge is 0.271 e. The van der Waals surface area contributed by atoms with Crippen LogP contribution in [-0.4, -0.2) is 47.5 Å². The Morgan fingerprint density at radius 2 is 1.92 bits per heavy atom. The molecule has 0 bridgehead atoms. The minimum absolute atomic E-state index is 0.149. The van der Waals surface area contributed by atoms with Gasteiger partial charge in [-0.1, -0.05) is 12.1 Å². The summed E-state index contributed by atoms with van der Waals surface area (Å²) in [5.41, 5.74) is 2.32. The van der Waals surface area contributed by atoms with Crippen molar-refractivity contribution in [3.63, 3.8) is 0 Å². The quantitative estimate of drug-likeness (QED) is 0.874. The zero-order valence-electron chi connectivity index (χ0n) is 14.7. The van der Waals surface area contributed by atoms with Crippen LogP contribution in [0.15, 0.2) is 36.7 Å². The van der Waals surface area contributed by atoms with E-state index >= 15 is 0 Å². The average molecular weight is 340 g/mol. The van der Waals surface area contributed by atoms with E-state index in [-0.39, 0.29) is 11.9 Å². The Hall–Kier alpha value is -2.47. The molecule has 1 aliphatic rings.